The molecular formula is C14H20O4P. The zero-order valence-corrected chi connectivity index (χ0v) is 12.2. The molecule has 2 unspecified atom stereocenters. The van der Waals surface area contributed by atoms with Gasteiger partial charge in [0, 0.05) is 0 Å². The van der Waals surface area contributed by atoms with Crippen LogP contribution >= 0.6 is 7.60 Å². The highest BCUT2D eigenvalue weighted by molar-refractivity contribution is 7.52. The van der Waals surface area contributed by atoms with Crippen LogP contribution in [-0.2, 0) is 20.3 Å². The number of hydrogen-bond acceptors (Lipinski definition) is 3. The molecule has 0 amide bonds. The van der Waals surface area contributed by atoms with E-state index in [9.17, 15) is 14.3 Å². The predicted molar refractivity (Wildman–Crippen MR) is 74.9 cm³/mol. The maximum Gasteiger partial charge on any atom is 0.328 e. The van der Waals surface area contributed by atoms with Gasteiger partial charge in [0.15, 0.2) is 0 Å². The molecule has 1 radical (unpaired) electrons. The molecule has 19 heavy (non-hydrogen) atoms. The lowest BCUT2D eigenvalue weighted by Gasteiger charge is -2.19. The van der Waals surface area contributed by atoms with Crippen molar-refractivity contribution in [2.45, 2.75) is 32.8 Å². The summed E-state index contributed by atoms with van der Waals surface area (Å²) in [7, 11) is -3.72. The Labute approximate surface area is 114 Å². The maximum atomic E-state index is 11.8. The smallest absolute Gasteiger partial charge is 0.324 e. The summed E-state index contributed by atoms with van der Waals surface area (Å²) in [6, 6.07) is 9.73. The van der Waals surface area contributed by atoms with Gasteiger partial charge >= 0.3 is 7.60 Å². The molecular weight excluding hydrogens is 263 g/mol. The average Bonchev–Trinajstić information content (AvgIpc) is 2.37. The molecule has 0 saturated heterocycles. The molecule has 1 aromatic rings. The largest absolute Gasteiger partial charge is 0.328 e. The molecule has 0 aliphatic carbocycles. The Bertz CT molecular complexity index is 430. The van der Waals surface area contributed by atoms with Crippen LogP contribution in [0.5, 0.6) is 0 Å². The Morgan fingerprint density at radius 1 is 1.32 bits per heavy atom. The topological polar surface area (TPSA) is 63.6 Å². The standard InChI is InChI=1S/C14H20O4P/c1-12(2)14(11-15)18-19(16,17)10-6-9-13-7-4-3-5-8-13/h3-5,7-8,12,14H,6,9-10H2,1-2H3,(H,16,17). The van der Waals surface area contributed by atoms with Crippen molar-refractivity contribution in [1.29, 1.82) is 0 Å². The van der Waals surface area contributed by atoms with Crippen molar-refractivity contribution < 1.29 is 18.8 Å². The van der Waals surface area contributed by atoms with Gasteiger partial charge in [0.25, 0.3) is 0 Å². The number of hydrogen-bond donors (Lipinski definition) is 1. The van der Waals surface area contributed by atoms with Crippen molar-refractivity contribution in [3.05, 3.63) is 35.9 Å². The molecule has 0 aliphatic heterocycles. The Morgan fingerprint density at radius 2 is 1.95 bits per heavy atom. The van der Waals surface area contributed by atoms with Gasteiger partial charge in [0.1, 0.15) is 6.10 Å². The van der Waals surface area contributed by atoms with Crippen molar-refractivity contribution in [3.63, 3.8) is 0 Å². The van der Waals surface area contributed by atoms with Gasteiger partial charge in [-0.2, -0.15) is 0 Å². The van der Waals surface area contributed by atoms with Gasteiger partial charge in [-0.1, -0.05) is 44.2 Å². The average molecular weight is 283 g/mol. The molecule has 1 rings (SSSR count). The Kier molecular flexibility index (Phi) is 6.43. The summed E-state index contributed by atoms with van der Waals surface area (Å²) in [5.74, 6) is -0.160. The molecule has 1 aromatic carbocycles. The van der Waals surface area contributed by atoms with Crippen LogP contribution in [-0.4, -0.2) is 23.4 Å². The van der Waals surface area contributed by atoms with Crippen molar-refractivity contribution >= 4 is 13.9 Å². The molecule has 0 fully saturated rings. The maximum absolute atomic E-state index is 11.8. The van der Waals surface area contributed by atoms with Gasteiger partial charge in [-0.3, -0.25) is 13.9 Å². The lowest BCUT2D eigenvalue weighted by atomic mass is 10.1. The minimum Gasteiger partial charge on any atom is -0.324 e. The van der Waals surface area contributed by atoms with E-state index in [-0.39, 0.29) is 12.1 Å². The third kappa shape index (κ3) is 6.15. The predicted octanol–water partition coefficient (Wildman–Crippen LogP) is 2.96. The van der Waals surface area contributed by atoms with Crippen LogP contribution in [0.15, 0.2) is 30.3 Å². The van der Waals surface area contributed by atoms with E-state index in [0.717, 1.165) is 5.56 Å². The van der Waals surface area contributed by atoms with Crippen molar-refractivity contribution in [2.75, 3.05) is 6.16 Å². The summed E-state index contributed by atoms with van der Waals surface area (Å²) in [5.41, 5.74) is 1.12. The first-order valence-corrected chi connectivity index (χ1v) is 8.12. The molecule has 105 valence electrons. The number of rotatable bonds is 8. The number of aryl methyl sites for hydroxylation is 1. The molecule has 2 atom stereocenters. The molecule has 0 aliphatic rings. The van der Waals surface area contributed by atoms with Gasteiger partial charge in [-0.15, -0.1) is 0 Å². The van der Waals surface area contributed by atoms with E-state index >= 15 is 0 Å². The SMILES string of the molecule is CC(C)C([C]=O)OP(=O)(O)CCCc1ccccc1. The zero-order chi connectivity index (χ0) is 14.3. The van der Waals surface area contributed by atoms with Crippen LogP contribution in [0.4, 0.5) is 0 Å². The van der Waals surface area contributed by atoms with Crippen LogP contribution < -0.4 is 0 Å². The van der Waals surface area contributed by atoms with Crippen molar-refractivity contribution in [1.82, 2.24) is 0 Å². The van der Waals surface area contributed by atoms with E-state index in [4.69, 9.17) is 4.52 Å². The third-order valence-electron chi connectivity index (χ3n) is 2.75. The second kappa shape index (κ2) is 7.59. The molecule has 0 aromatic heterocycles. The molecule has 0 saturated carbocycles. The second-order valence-corrected chi connectivity index (χ2v) is 6.77. The fourth-order valence-corrected chi connectivity index (χ4v) is 2.94. The van der Waals surface area contributed by atoms with Crippen molar-refractivity contribution in [3.8, 4) is 0 Å². The number of benzene rings is 1. The monoisotopic (exact) mass is 283 g/mol. The third-order valence-corrected chi connectivity index (χ3v) is 4.19. The van der Waals surface area contributed by atoms with Crippen LogP contribution in [0.3, 0.4) is 0 Å². The van der Waals surface area contributed by atoms with Gasteiger partial charge in [0.05, 0.1) is 6.16 Å². The minimum atomic E-state index is -3.72. The Hall–Kier alpha value is -0.960. The molecule has 0 heterocycles. The van der Waals surface area contributed by atoms with Gasteiger partial charge in [-0.05, 0) is 24.3 Å². The van der Waals surface area contributed by atoms with E-state index in [1.807, 2.05) is 30.3 Å². The van der Waals surface area contributed by atoms with E-state index < -0.39 is 13.7 Å². The lowest BCUT2D eigenvalue weighted by Crippen LogP contribution is -2.20. The fraction of sp³-hybridized carbons (Fsp3) is 0.500. The first-order chi connectivity index (χ1) is 8.94. The van der Waals surface area contributed by atoms with E-state index in [1.54, 1.807) is 20.1 Å². The van der Waals surface area contributed by atoms with Gasteiger partial charge < -0.3 is 4.89 Å². The molecule has 0 spiro atoms. The summed E-state index contributed by atoms with van der Waals surface area (Å²) < 4.78 is 16.8. The highest BCUT2D eigenvalue weighted by atomic mass is 31.2. The van der Waals surface area contributed by atoms with Gasteiger partial charge in [-0.25, -0.2) is 0 Å². The number of carbonyl (C=O) groups excluding carboxylic acids is 1. The summed E-state index contributed by atoms with van der Waals surface area (Å²) in [4.78, 5) is 20.3. The summed E-state index contributed by atoms with van der Waals surface area (Å²) in [6.07, 6.45) is 2.03. The first-order valence-electron chi connectivity index (χ1n) is 6.36. The quantitative estimate of drug-likeness (QED) is 0.745. The molecule has 0 bridgehead atoms. The normalized spacial score (nSPS) is 16.0. The molecule has 1 N–H and O–H groups in total. The van der Waals surface area contributed by atoms with Crippen molar-refractivity contribution in [2.24, 2.45) is 5.92 Å². The second-order valence-electron chi connectivity index (χ2n) is 4.84. The highest BCUT2D eigenvalue weighted by Gasteiger charge is 2.26. The molecule has 5 heteroatoms. The summed E-state index contributed by atoms with van der Waals surface area (Å²) in [5, 5.41) is 0. The Morgan fingerprint density at radius 3 is 2.47 bits per heavy atom. The van der Waals surface area contributed by atoms with E-state index in [2.05, 4.69) is 0 Å². The fourth-order valence-electron chi connectivity index (χ4n) is 1.64. The lowest BCUT2D eigenvalue weighted by molar-refractivity contribution is 0.181. The van der Waals surface area contributed by atoms with E-state index in [0.29, 0.717) is 12.8 Å². The first kappa shape index (κ1) is 16.1. The van der Waals surface area contributed by atoms with Crippen LogP contribution in [0.2, 0.25) is 0 Å². The van der Waals surface area contributed by atoms with Gasteiger partial charge in [0.2, 0.25) is 6.29 Å². The summed E-state index contributed by atoms with van der Waals surface area (Å²) in [6.45, 7) is 3.50. The minimum absolute atomic E-state index is 0.0484. The summed E-state index contributed by atoms with van der Waals surface area (Å²) >= 11 is 0. The van der Waals surface area contributed by atoms with Crippen LogP contribution in [0.25, 0.3) is 0 Å². The highest BCUT2D eigenvalue weighted by Crippen LogP contribution is 2.44. The van der Waals surface area contributed by atoms with Crippen LogP contribution in [0.1, 0.15) is 25.8 Å². The zero-order valence-electron chi connectivity index (χ0n) is 11.3. The Balaban J connectivity index is 2.42. The molecule has 4 nitrogen and oxygen atoms in total. The van der Waals surface area contributed by atoms with E-state index in [1.165, 1.54) is 0 Å². The van der Waals surface area contributed by atoms with Crippen LogP contribution in [0, 0.1) is 5.92 Å².